The fourth-order valence-electron chi connectivity index (χ4n) is 3.39. The molecule has 128 valence electrons. The molecule has 5 rings (SSSR count). The lowest BCUT2D eigenvalue weighted by Crippen LogP contribution is -2.47. The number of aryl methyl sites for hydroxylation is 1. The van der Waals surface area contributed by atoms with E-state index in [9.17, 15) is 0 Å². The third kappa shape index (κ3) is 2.57. The maximum Gasteiger partial charge on any atom is 0.165 e. The maximum absolute atomic E-state index is 4.76. The van der Waals surface area contributed by atoms with Crippen LogP contribution in [0.25, 0.3) is 11.2 Å². The topological polar surface area (TPSA) is 75.9 Å². The molecule has 0 unspecified atom stereocenters. The first kappa shape index (κ1) is 14.6. The standard InChI is InChI=1S/C17H20N8/c1-23-11-21-14-16(23)19-10-20-17(14)25-8-6-24(7-9-25)13-4-5-18-15(22-13)12-2-3-12/h4-5,10-12H,2-3,6-9H2,1H3. The molecule has 8 heteroatoms. The normalized spacial score (nSPS) is 18.1. The fraction of sp³-hybridized carbons (Fsp3) is 0.471. The highest BCUT2D eigenvalue weighted by Crippen LogP contribution is 2.38. The van der Waals surface area contributed by atoms with Crippen LogP contribution in [-0.2, 0) is 7.05 Å². The van der Waals surface area contributed by atoms with Gasteiger partial charge in [0.2, 0.25) is 0 Å². The molecule has 1 aliphatic carbocycles. The van der Waals surface area contributed by atoms with Gasteiger partial charge in [-0.1, -0.05) is 0 Å². The summed E-state index contributed by atoms with van der Waals surface area (Å²) in [5.41, 5.74) is 1.74. The average Bonchev–Trinajstić information content (AvgIpc) is 3.45. The molecule has 0 spiro atoms. The predicted octanol–water partition coefficient (Wildman–Crippen LogP) is 1.36. The van der Waals surface area contributed by atoms with E-state index >= 15 is 0 Å². The summed E-state index contributed by atoms with van der Waals surface area (Å²) in [5, 5.41) is 0. The van der Waals surface area contributed by atoms with Crippen LogP contribution >= 0.6 is 0 Å². The second-order valence-electron chi connectivity index (χ2n) is 6.75. The van der Waals surface area contributed by atoms with Crippen LogP contribution in [0.2, 0.25) is 0 Å². The molecule has 0 radical (unpaired) electrons. The first-order chi connectivity index (χ1) is 12.3. The molecule has 4 heterocycles. The van der Waals surface area contributed by atoms with Crippen molar-refractivity contribution < 1.29 is 0 Å². The monoisotopic (exact) mass is 336 g/mol. The summed E-state index contributed by atoms with van der Waals surface area (Å²) in [6, 6.07) is 2.02. The van der Waals surface area contributed by atoms with Gasteiger partial charge in [0.05, 0.1) is 6.33 Å². The summed E-state index contributed by atoms with van der Waals surface area (Å²) in [6.45, 7) is 3.62. The van der Waals surface area contributed by atoms with Crippen molar-refractivity contribution in [2.24, 2.45) is 7.05 Å². The molecule has 0 N–H and O–H groups in total. The highest BCUT2D eigenvalue weighted by atomic mass is 15.3. The molecule has 2 aliphatic rings. The Morgan fingerprint density at radius 3 is 2.56 bits per heavy atom. The summed E-state index contributed by atoms with van der Waals surface area (Å²) in [6.07, 6.45) is 7.76. The number of imidazole rings is 1. The van der Waals surface area contributed by atoms with Crippen LogP contribution < -0.4 is 9.80 Å². The molecule has 25 heavy (non-hydrogen) atoms. The predicted molar refractivity (Wildman–Crippen MR) is 94.7 cm³/mol. The smallest absolute Gasteiger partial charge is 0.165 e. The molecule has 0 amide bonds. The Balaban J connectivity index is 1.35. The largest absolute Gasteiger partial charge is 0.353 e. The lowest BCUT2D eigenvalue weighted by molar-refractivity contribution is 0.640. The van der Waals surface area contributed by atoms with Crippen LogP contribution in [-0.4, -0.2) is 55.7 Å². The summed E-state index contributed by atoms with van der Waals surface area (Å²) >= 11 is 0. The van der Waals surface area contributed by atoms with Crippen LogP contribution in [0.1, 0.15) is 24.6 Å². The maximum atomic E-state index is 4.76. The number of rotatable bonds is 3. The highest BCUT2D eigenvalue weighted by molar-refractivity contribution is 5.83. The zero-order valence-corrected chi connectivity index (χ0v) is 14.2. The molecule has 8 nitrogen and oxygen atoms in total. The molecule has 0 aromatic carbocycles. The first-order valence-corrected chi connectivity index (χ1v) is 8.74. The highest BCUT2D eigenvalue weighted by Gasteiger charge is 2.28. The van der Waals surface area contributed by atoms with E-state index in [2.05, 4.69) is 29.7 Å². The number of hydrogen-bond acceptors (Lipinski definition) is 7. The van der Waals surface area contributed by atoms with Crippen molar-refractivity contribution in [1.29, 1.82) is 0 Å². The van der Waals surface area contributed by atoms with E-state index in [0.29, 0.717) is 5.92 Å². The van der Waals surface area contributed by atoms with Gasteiger partial charge in [0, 0.05) is 45.3 Å². The van der Waals surface area contributed by atoms with Crippen LogP contribution in [0.3, 0.4) is 0 Å². The Morgan fingerprint density at radius 2 is 1.76 bits per heavy atom. The number of hydrogen-bond donors (Lipinski definition) is 0. The molecule has 3 aromatic rings. The number of piperazine rings is 1. The Labute approximate surface area is 145 Å². The van der Waals surface area contributed by atoms with Gasteiger partial charge < -0.3 is 14.4 Å². The summed E-state index contributed by atoms with van der Waals surface area (Å²) in [7, 11) is 1.95. The summed E-state index contributed by atoms with van der Waals surface area (Å²) in [4.78, 5) is 27.1. The number of nitrogens with zero attached hydrogens (tertiary/aromatic N) is 8. The quantitative estimate of drug-likeness (QED) is 0.715. The van der Waals surface area contributed by atoms with Gasteiger partial charge in [-0.2, -0.15) is 0 Å². The van der Waals surface area contributed by atoms with E-state index < -0.39 is 0 Å². The van der Waals surface area contributed by atoms with Gasteiger partial charge in [0.15, 0.2) is 17.0 Å². The van der Waals surface area contributed by atoms with Crippen molar-refractivity contribution in [1.82, 2.24) is 29.5 Å². The van der Waals surface area contributed by atoms with Gasteiger partial charge in [0.1, 0.15) is 18.0 Å². The van der Waals surface area contributed by atoms with E-state index in [1.807, 2.05) is 23.9 Å². The molecule has 0 bridgehead atoms. The van der Waals surface area contributed by atoms with E-state index in [1.165, 1.54) is 12.8 Å². The fourth-order valence-corrected chi connectivity index (χ4v) is 3.39. The lowest BCUT2D eigenvalue weighted by Gasteiger charge is -2.36. The average molecular weight is 336 g/mol. The minimum Gasteiger partial charge on any atom is -0.353 e. The van der Waals surface area contributed by atoms with E-state index in [-0.39, 0.29) is 0 Å². The van der Waals surface area contributed by atoms with Crippen molar-refractivity contribution >= 4 is 22.8 Å². The van der Waals surface area contributed by atoms with Gasteiger partial charge in [-0.25, -0.2) is 24.9 Å². The van der Waals surface area contributed by atoms with Gasteiger partial charge in [0.25, 0.3) is 0 Å². The number of anilines is 2. The first-order valence-electron chi connectivity index (χ1n) is 8.74. The van der Waals surface area contributed by atoms with Crippen molar-refractivity contribution in [3.05, 3.63) is 30.7 Å². The minimum atomic E-state index is 0.583. The second kappa shape index (κ2) is 5.65. The summed E-state index contributed by atoms with van der Waals surface area (Å²) in [5.74, 6) is 3.56. The number of fused-ring (bicyclic) bond motifs is 1. The van der Waals surface area contributed by atoms with E-state index in [0.717, 1.165) is 54.8 Å². The summed E-state index contributed by atoms with van der Waals surface area (Å²) < 4.78 is 1.93. The Kier molecular flexibility index (Phi) is 3.29. The van der Waals surface area contributed by atoms with Gasteiger partial charge in [-0.05, 0) is 18.9 Å². The van der Waals surface area contributed by atoms with Crippen LogP contribution in [0, 0.1) is 0 Å². The molecule has 1 aliphatic heterocycles. The third-order valence-corrected chi connectivity index (χ3v) is 4.98. The Hall–Kier alpha value is -2.77. The van der Waals surface area contributed by atoms with Crippen LogP contribution in [0.4, 0.5) is 11.6 Å². The van der Waals surface area contributed by atoms with E-state index in [4.69, 9.17) is 4.98 Å². The molecular formula is C17H20N8. The third-order valence-electron chi connectivity index (χ3n) is 4.98. The lowest BCUT2D eigenvalue weighted by atomic mass is 10.3. The molecular weight excluding hydrogens is 316 g/mol. The molecule has 3 aromatic heterocycles. The zero-order chi connectivity index (χ0) is 16.8. The van der Waals surface area contributed by atoms with E-state index in [1.54, 1.807) is 12.7 Å². The zero-order valence-electron chi connectivity index (χ0n) is 14.2. The molecule has 1 saturated carbocycles. The molecule has 0 atom stereocenters. The molecule has 2 fully saturated rings. The van der Waals surface area contributed by atoms with Crippen molar-refractivity contribution in [3.8, 4) is 0 Å². The number of aromatic nitrogens is 6. The van der Waals surface area contributed by atoms with Crippen LogP contribution in [0.15, 0.2) is 24.9 Å². The van der Waals surface area contributed by atoms with Crippen molar-refractivity contribution in [2.75, 3.05) is 36.0 Å². The minimum absolute atomic E-state index is 0.583. The second-order valence-corrected chi connectivity index (χ2v) is 6.75. The van der Waals surface area contributed by atoms with Crippen molar-refractivity contribution in [2.45, 2.75) is 18.8 Å². The van der Waals surface area contributed by atoms with Gasteiger partial charge in [-0.3, -0.25) is 0 Å². The van der Waals surface area contributed by atoms with Crippen molar-refractivity contribution in [3.63, 3.8) is 0 Å². The van der Waals surface area contributed by atoms with Gasteiger partial charge >= 0.3 is 0 Å². The molecule has 1 saturated heterocycles. The SMILES string of the molecule is Cn1cnc2c(N3CCN(c4ccnc(C5CC5)n4)CC3)ncnc21. The van der Waals surface area contributed by atoms with Crippen LogP contribution in [0.5, 0.6) is 0 Å². The Bertz CT molecular complexity index is 908. The Morgan fingerprint density at radius 1 is 0.960 bits per heavy atom. The van der Waals surface area contributed by atoms with Gasteiger partial charge in [-0.15, -0.1) is 0 Å².